The molecule has 0 aromatic carbocycles. The molecule has 3 heterocycles. The van der Waals surface area contributed by atoms with E-state index in [1.807, 2.05) is 37.5 Å². The van der Waals surface area contributed by atoms with E-state index in [-0.39, 0.29) is 5.69 Å². The fourth-order valence-electron chi connectivity index (χ4n) is 2.34. The zero-order valence-corrected chi connectivity index (χ0v) is 11.8. The topological polar surface area (TPSA) is 75.1 Å². The summed E-state index contributed by atoms with van der Waals surface area (Å²) in [4.78, 5) is 15.6. The smallest absolute Gasteiger partial charge is 0.347 e. The molecule has 0 spiro atoms. The molecule has 0 saturated heterocycles. The van der Waals surface area contributed by atoms with Crippen molar-refractivity contribution in [2.75, 3.05) is 11.9 Å². The first kappa shape index (κ1) is 13.4. The van der Waals surface area contributed by atoms with Crippen LogP contribution in [0.2, 0.25) is 0 Å². The highest BCUT2D eigenvalue weighted by Crippen LogP contribution is 2.18. The predicted molar refractivity (Wildman–Crippen MR) is 81.6 cm³/mol. The molecule has 6 heteroatoms. The van der Waals surface area contributed by atoms with Gasteiger partial charge in [0, 0.05) is 25.1 Å². The number of aryl methyl sites for hydroxylation is 2. The summed E-state index contributed by atoms with van der Waals surface area (Å²) >= 11 is 0. The second-order valence-corrected chi connectivity index (χ2v) is 4.98. The first-order valence-corrected chi connectivity index (χ1v) is 6.95. The third-order valence-electron chi connectivity index (χ3n) is 3.49. The van der Waals surface area contributed by atoms with Gasteiger partial charge in [-0.2, -0.15) is 5.10 Å². The van der Waals surface area contributed by atoms with Gasteiger partial charge in [0.05, 0.1) is 5.69 Å². The molecule has 0 radical (unpaired) electrons. The molecule has 0 unspecified atom stereocenters. The molecule has 0 bridgehead atoms. The molecular formula is C15H17N5O. The van der Waals surface area contributed by atoms with E-state index >= 15 is 0 Å². The fraction of sp³-hybridized carbons (Fsp3) is 0.267. The number of rotatable bonds is 5. The van der Waals surface area contributed by atoms with Crippen molar-refractivity contribution in [2.24, 2.45) is 0 Å². The van der Waals surface area contributed by atoms with Gasteiger partial charge in [0.2, 0.25) is 0 Å². The second-order valence-electron chi connectivity index (χ2n) is 4.98. The number of anilines is 1. The monoisotopic (exact) mass is 283 g/mol. The summed E-state index contributed by atoms with van der Waals surface area (Å²) in [6.45, 7) is 2.83. The van der Waals surface area contributed by atoms with Gasteiger partial charge in [-0.1, -0.05) is 0 Å². The molecule has 3 rings (SSSR count). The Morgan fingerprint density at radius 1 is 1.29 bits per heavy atom. The van der Waals surface area contributed by atoms with Gasteiger partial charge in [0.1, 0.15) is 0 Å². The van der Waals surface area contributed by atoms with Gasteiger partial charge in [0.25, 0.3) is 0 Å². The summed E-state index contributed by atoms with van der Waals surface area (Å²) < 4.78 is 1.51. The Morgan fingerprint density at radius 2 is 2.10 bits per heavy atom. The average Bonchev–Trinajstić information content (AvgIpc) is 2.88. The number of hydrogen-bond donors (Lipinski definition) is 2. The van der Waals surface area contributed by atoms with Gasteiger partial charge in [0.15, 0.2) is 5.65 Å². The third-order valence-corrected chi connectivity index (χ3v) is 3.49. The lowest BCUT2D eigenvalue weighted by Gasteiger charge is -2.10. The van der Waals surface area contributed by atoms with Gasteiger partial charge in [-0.25, -0.2) is 14.3 Å². The number of nitrogens with one attached hydrogen (secondary N) is 2. The van der Waals surface area contributed by atoms with Crippen molar-refractivity contribution in [3.05, 3.63) is 58.4 Å². The van der Waals surface area contributed by atoms with Crippen molar-refractivity contribution in [1.29, 1.82) is 0 Å². The van der Waals surface area contributed by atoms with Gasteiger partial charge in [-0.3, -0.25) is 4.98 Å². The van der Waals surface area contributed by atoms with Gasteiger partial charge in [-0.05, 0) is 49.1 Å². The molecule has 0 atom stereocenters. The first-order valence-electron chi connectivity index (χ1n) is 6.95. The highest BCUT2D eigenvalue weighted by atomic mass is 16.1. The highest BCUT2D eigenvalue weighted by molar-refractivity contribution is 5.70. The van der Waals surface area contributed by atoms with E-state index in [9.17, 15) is 4.79 Å². The Labute approximate surface area is 121 Å². The van der Waals surface area contributed by atoms with Crippen LogP contribution in [0.25, 0.3) is 5.65 Å². The molecule has 0 saturated carbocycles. The highest BCUT2D eigenvalue weighted by Gasteiger charge is 2.08. The number of hydrogen-bond acceptors (Lipinski definition) is 4. The maximum absolute atomic E-state index is 11.6. The normalized spacial score (nSPS) is 10.9. The van der Waals surface area contributed by atoms with Crippen LogP contribution in [0.3, 0.4) is 0 Å². The van der Waals surface area contributed by atoms with Crippen LogP contribution in [0.4, 0.5) is 5.69 Å². The van der Waals surface area contributed by atoms with E-state index in [2.05, 4.69) is 20.5 Å². The summed E-state index contributed by atoms with van der Waals surface area (Å²) in [6.07, 6.45) is 7.34. The number of pyridine rings is 2. The second kappa shape index (κ2) is 5.78. The van der Waals surface area contributed by atoms with Gasteiger partial charge >= 0.3 is 5.69 Å². The van der Waals surface area contributed by atoms with Crippen LogP contribution in [0.1, 0.15) is 17.5 Å². The predicted octanol–water partition coefficient (Wildman–Crippen LogP) is 1.77. The standard InChI is InChI=1S/C15H17N5O/c1-11-6-10-20-14(18-19-15(20)21)13(11)17-7-2-3-12-4-8-16-9-5-12/h4-6,8-10,17H,2-3,7H2,1H3,(H,19,21). The third kappa shape index (κ3) is 2.79. The lowest BCUT2D eigenvalue weighted by molar-refractivity contribution is 0.859. The largest absolute Gasteiger partial charge is 0.382 e. The molecule has 2 N–H and O–H groups in total. The number of nitrogens with zero attached hydrogens (tertiary/aromatic N) is 3. The summed E-state index contributed by atoms with van der Waals surface area (Å²) in [5.41, 5.74) is 3.68. The lowest BCUT2D eigenvalue weighted by Crippen LogP contribution is -2.11. The summed E-state index contributed by atoms with van der Waals surface area (Å²) in [5.74, 6) is 0. The summed E-state index contributed by atoms with van der Waals surface area (Å²) in [5, 5.41) is 9.92. The Bertz CT molecular complexity index is 791. The molecule has 0 fully saturated rings. The number of aromatic nitrogens is 4. The van der Waals surface area contributed by atoms with Crippen LogP contribution in [-0.4, -0.2) is 26.1 Å². The van der Waals surface area contributed by atoms with E-state index in [0.717, 1.165) is 30.6 Å². The van der Waals surface area contributed by atoms with Crippen LogP contribution in [-0.2, 0) is 6.42 Å². The summed E-state index contributed by atoms with van der Waals surface area (Å²) in [7, 11) is 0. The van der Waals surface area contributed by atoms with E-state index in [4.69, 9.17) is 0 Å². The lowest BCUT2D eigenvalue weighted by atomic mass is 10.1. The quantitative estimate of drug-likeness (QED) is 0.700. The zero-order valence-electron chi connectivity index (χ0n) is 11.8. The average molecular weight is 283 g/mol. The molecule has 6 nitrogen and oxygen atoms in total. The van der Waals surface area contributed by atoms with Crippen molar-refractivity contribution in [1.82, 2.24) is 19.6 Å². The minimum absolute atomic E-state index is 0.218. The molecule has 0 aliphatic heterocycles. The first-order chi connectivity index (χ1) is 10.3. The van der Waals surface area contributed by atoms with Crippen LogP contribution >= 0.6 is 0 Å². The molecule has 108 valence electrons. The Hall–Kier alpha value is -2.63. The summed E-state index contributed by atoms with van der Waals surface area (Å²) in [6, 6.07) is 5.97. The van der Waals surface area contributed by atoms with Crippen molar-refractivity contribution < 1.29 is 0 Å². The maximum atomic E-state index is 11.6. The zero-order chi connectivity index (χ0) is 14.7. The van der Waals surface area contributed by atoms with E-state index in [1.165, 1.54) is 9.96 Å². The molecular weight excluding hydrogens is 266 g/mol. The Morgan fingerprint density at radius 3 is 2.90 bits per heavy atom. The van der Waals surface area contributed by atoms with Crippen molar-refractivity contribution in [3.8, 4) is 0 Å². The molecule has 0 aliphatic carbocycles. The number of H-pyrrole nitrogens is 1. The van der Waals surface area contributed by atoms with Gasteiger partial charge in [-0.15, -0.1) is 0 Å². The van der Waals surface area contributed by atoms with Crippen LogP contribution in [0.15, 0.2) is 41.6 Å². The van der Waals surface area contributed by atoms with Crippen molar-refractivity contribution in [3.63, 3.8) is 0 Å². The minimum Gasteiger partial charge on any atom is -0.382 e. The minimum atomic E-state index is -0.218. The van der Waals surface area contributed by atoms with Crippen molar-refractivity contribution >= 4 is 11.3 Å². The number of fused-ring (bicyclic) bond motifs is 1. The van der Waals surface area contributed by atoms with Crippen LogP contribution < -0.4 is 11.0 Å². The van der Waals surface area contributed by atoms with Crippen LogP contribution in [0, 0.1) is 6.92 Å². The number of aromatic amines is 1. The fourth-order valence-corrected chi connectivity index (χ4v) is 2.34. The van der Waals surface area contributed by atoms with E-state index in [1.54, 1.807) is 6.20 Å². The van der Waals surface area contributed by atoms with Crippen molar-refractivity contribution in [2.45, 2.75) is 19.8 Å². The van der Waals surface area contributed by atoms with Gasteiger partial charge < -0.3 is 5.32 Å². The SMILES string of the molecule is Cc1ccn2c(=O)[nH]nc2c1NCCCc1ccncc1. The Kier molecular flexibility index (Phi) is 3.68. The molecule has 0 amide bonds. The molecule has 3 aromatic heterocycles. The van der Waals surface area contributed by atoms with E-state index < -0.39 is 0 Å². The molecule has 0 aliphatic rings. The molecule has 3 aromatic rings. The molecule has 21 heavy (non-hydrogen) atoms. The van der Waals surface area contributed by atoms with Crippen LogP contribution in [0.5, 0.6) is 0 Å². The maximum Gasteiger partial charge on any atom is 0.347 e. The van der Waals surface area contributed by atoms with E-state index in [0.29, 0.717) is 5.65 Å². The Balaban J connectivity index is 1.68.